The third-order valence-electron chi connectivity index (χ3n) is 6.81. The summed E-state index contributed by atoms with van der Waals surface area (Å²) >= 11 is 0. The van der Waals surface area contributed by atoms with Crippen LogP contribution >= 0.6 is 0 Å². The molecule has 3 N–H and O–H groups in total. The van der Waals surface area contributed by atoms with Gasteiger partial charge >= 0.3 is 0 Å². The van der Waals surface area contributed by atoms with Crippen LogP contribution in [0.1, 0.15) is 25.0 Å². The van der Waals surface area contributed by atoms with Crippen LogP contribution in [0.4, 0.5) is 21.5 Å². The molecule has 0 spiro atoms. The monoisotopic (exact) mass is 513 g/mol. The van der Waals surface area contributed by atoms with Gasteiger partial charge in [0.2, 0.25) is 5.91 Å². The summed E-state index contributed by atoms with van der Waals surface area (Å²) in [5.74, 6) is -0.629. The number of piperazine rings is 1. The predicted molar refractivity (Wildman–Crippen MR) is 150 cm³/mol. The van der Waals surface area contributed by atoms with E-state index >= 15 is 0 Å². The standard InChI is InChI=1S/C30H32FN5O2/c1-20(2)36(27(37)19-35-16-14-32-15-17-35)24-11-9-23(10-12-24)33-29(21-6-4-3-5-7-21)28-25-13-8-22(31)18-26(25)34-30(28)38/h3-13,18,20,32-33H,14-17,19H2,1-2H3,(H,34,38)/b29-28-. The lowest BCUT2D eigenvalue weighted by molar-refractivity contribution is -0.120. The molecule has 8 heteroatoms. The highest BCUT2D eigenvalue weighted by Crippen LogP contribution is 2.38. The van der Waals surface area contributed by atoms with Crippen LogP contribution < -0.4 is 20.9 Å². The van der Waals surface area contributed by atoms with Crippen molar-refractivity contribution in [1.82, 2.24) is 10.2 Å². The minimum Gasteiger partial charge on any atom is -0.354 e. The van der Waals surface area contributed by atoms with Crippen LogP contribution in [0.15, 0.2) is 72.8 Å². The molecule has 0 bridgehead atoms. The van der Waals surface area contributed by atoms with E-state index in [0.717, 1.165) is 43.1 Å². The summed E-state index contributed by atoms with van der Waals surface area (Å²) < 4.78 is 13.8. The first-order valence-electron chi connectivity index (χ1n) is 12.9. The van der Waals surface area contributed by atoms with Crippen molar-refractivity contribution in [2.75, 3.05) is 48.3 Å². The quantitative estimate of drug-likeness (QED) is 0.408. The van der Waals surface area contributed by atoms with Crippen molar-refractivity contribution in [3.8, 4) is 0 Å². The molecule has 1 saturated heterocycles. The first-order valence-corrected chi connectivity index (χ1v) is 12.9. The number of anilines is 3. The van der Waals surface area contributed by atoms with Gasteiger partial charge in [0.1, 0.15) is 5.82 Å². The van der Waals surface area contributed by atoms with Crippen LogP contribution in [0.5, 0.6) is 0 Å². The van der Waals surface area contributed by atoms with Crippen molar-refractivity contribution in [3.05, 3.63) is 89.7 Å². The summed E-state index contributed by atoms with van der Waals surface area (Å²) in [5.41, 5.74) is 4.58. The zero-order valence-electron chi connectivity index (χ0n) is 21.6. The Hall–Kier alpha value is -4.01. The van der Waals surface area contributed by atoms with E-state index in [1.54, 1.807) is 6.07 Å². The molecule has 0 radical (unpaired) electrons. The van der Waals surface area contributed by atoms with E-state index < -0.39 is 5.82 Å². The fraction of sp³-hybridized carbons (Fsp3) is 0.267. The number of nitrogens with one attached hydrogen (secondary N) is 3. The van der Waals surface area contributed by atoms with Crippen molar-refractivity contribution in [2.45, 2.75) is 19.9 Å². The van der Waals surface area contributed by atoms with Gasteiger partial charge < -0.3 is 20.9 Å². The van der Waals surface area contributed by atoms with Gasteiger partial charge in [-0.2, -0.15) is 0 Å². The molecule has 0 saturated carbocycles. The van der Waals surface area contributed by atoms with Gasteiger partial charge in [-0.05, 0) is 61.9 Å². The van der Waals surface area contributed by atoms with Gasteiger partial charge in [-0.3, -0.25) is 14.5 Å². The summed E-state index contributed by atoms with van der Waals surface area (Å²) in [6, 6.07) is 21.5. The third-order valence-corrected chi connectivity index (χ3v) is 6.81. The molecule has 5 rings (SSSR count). The van der Waals surface area contributed by atoms with Crippen molar-refractivity contribution < 1.29 is 14.0 Å². The van der Waals surface area contributed by atoms with Gasteiger partial charge in [0.05, 0.1) is 23.5 Å². The largest absolute Gasteiger partial charge is 0.354 e. The molecule has 0 aliphatic carbocycles. The molecular formula is C30H32FN5O2. The lowest BCUT2D eigenvalue weighted by Gasteiger charge is -2.32. The fourth-order valence-corrected chi connectivity index (χ4v) is 4.99. The molecule has 3 aromatic rings. The number of rotatable bonds is 7. The number of carbonyl (C=O) groups is 2. The van der Waals surface area contributed by atoms with E-state index in [1.807, 2.05) is 73.3 Å². The number of amides is 2. The minimum atomic E-state index is -0.406. The van der Waals surface area contributed by atoms with Crippen LogP contribution in [-0.4, -0.2) is 55.5 Å². The highest BCUT2D eigenvalue weighted by molar-refractivity contribution is 6.37. The lowest BCUT2D eigenvalue weighted by atomic mass is 10.00. The van der Waals surface area contributed by atoms with Crippen LogP contribution in [0.25, 0.3) is 11.3 Å². The number of hydrogen-bond acceptors (Lipinski definition) is 5. The second-order valence-corrected chi connectivity index (χ2v) is 9.82. The maximum atomic E-state index is 13.8. The zero-order valence-corrected chi connectivity index (χ0v) is 21.6. The molecule has 0 atom stereocenters. The average Bonchev–Trinajstić information content (AvgIpc) is 3.23. The first-order chi connectivity index (χ1) is 18.4. The maximum absolute atomic E-state index is 13.8. The number of carbonyl (C=O) groups excluding carboxylic acids is 2. The second kappa shape index (κ2) is 11.2. The minimum absolute atomic E-state index is 0.00491. The number of benzene rings is 3. The van der Waals surface area contributed by atoms with Gasteiger partial charge in [-0.15, -0.1) is 0 Å². The molecule has 1 fully saturated rings. The van der Waals surface area contributed by atoms with Gasteiger partial charge in [0.25, 0.3) is 5.91 Å². The molecule has 3 aromatic carbocycles. The molecular weight excluding hydrogens is 481 g/mol. The molecule has 2 heterocycles. The molecule has 0 aromatic heterocycles. The van der Waals surface area contributed by atoms with E-state index in [1.165, 1.54) is 12.1 Å². The smallest absolute Gasteiger partial charge is 0.258 e. The molecule has 196 valence electrons. The average molecular weight is 514 g/mol. The highest BCUT2D eigenvalue weighted by Gasteiger charge is 2.29. The Morgan fingerprint density at radius 2 is 1.74 bits per heavy atom. The normalized spacial score (nSPS) is 16.7. The Balaban J connectivity index is 1.44. The van der Waals surface area contributed by atoms with Gasteiger partial charge in [0, 0.05) is 49.2 Å². The molecule has 2 amide bonds. The first kappa shape index (κ1) is 25.6. The Labute approximate surface area is 222 Å². The van der Waals surface area contributed by atoms with Crippen LogP contribution in [0, 0.1) is 5.82 Å². The van der Waals surface area contributed by atoms with E-state index in [4.69, 9.17) is 0 Å². The Morgan fingerprint density at radius 1 is 1.03 bits per heavy atom. The summed E-state index contributed by atoms with van der Waals surface area (Å²) in [6.45, 7) is 7.93. The van der Waals surface area contributed by atoms with Crippen LogP contribution in [0.2, 0.25) is 0 Å². The summed E-state index contributed by atoms with van der Waals surface area (Å²) in [6.07, 6.45) is 0. The SMILES string of the molecule is CC(C)N(C(=O)CN1CCNCC1)c1ccc(N/C(=C2\C(=O)Nc3cc(F)ccc32)c2ccccc2)cc1. The summed E-state index contributed by atoms with van der Waals surface area (Å²) in [7, 11) is 0. The Morgan fingerprint density at radius 3 is 2.42 bits per heavy atom. The van der Waals surface area contributed by atoms with Crippen molar-refractivity contribution in [2.24, 2.45) is 0 Å². The Kier molecular flexibility index (Phi) is 7.53. The molecule has 2 aliphatic heterocycles. The lowest BCUT2D eigenvalue weighted by Crippen LogP contribution is -2.49. The fourth-order valence-electron chi connectivity index (χ4n) is 4.99. The van der Waals surface area contributed by atoms with Crippen molar-refractivity contribution in [3.63, 3.8) is 0 Å². The zero-order chi connectivity index (χ0) is 26.6. The Bertz CT molecular complexity index is 1350. The highest BCUT2D eigenvalue weighted by atomic mass is 19.1. The van der Waals surface area contributed by atoms with Gasteiger partial charge in [0.15, 0.2) is 0 Å². The number of fused-ring (bicyclic) bond motifs is 1. The van der Waals surface area contributed by atoms with Crippen LogP contribution in [-0.2, 0) is 9.59 Å². The van der Waals surface area contributed by atoms with E-state index in [-0.39, 0.29) is 17.9 Å². The third kappa shape index (κ3) is 5.46. The maximum Gasteiger partial charge on any atom is 0.258 e. The second-order valence-electron chi connectivity index (χ2n) is 9.82. The molecule has 0 unspecified atom stereocenters. The molecule has 7 nitrogen and oxygen atoms in total. The predicted octanol–water partition coefficient (Wildman–Crippen LogP) is 4.40. The molecule has 38 heavy (non-hydrogen) atoms. The topological polar surface area (TPSA) is 76.7 Å². The van der Waals surface area contributed by atoms with Crippen LogP contribution in [0.3, 0.4) is 0 Å². The van der Waals surface area contributed by atoms with Gasteiger partial charge in [-0.25, -0.2) is 4.39 Å². The summed E-state index contributed by atoms with van der Waals surface area (Å²) in [5, 5.41) is 9.51. The van der Waals surface area contributed by atoms with E-state index in [2.05, 4.69) is 20.9 Å². The molecule has 2 aliphatic rings. The van der Waals surface area contributed by atoms with Crippen molar-refractivity contribution in [1.29, 1.82) is 0 Å². The summed E-state index contributed by atoms with van der Waals surface area (Å²) in [4.78, 5) is 30.3. The number of nitrogens with zero attached hydrogens (tertiary/aromatic N) is 2. The van der Waals surface area contributed by atoms with E-state index in [9.17, 15) is 14.0 Å². The van der Waals surface area contributed by atoms with Gasteiger partial charge in [-0.1, -0.05) is 30.3 Å². The number of halogens is 1. The van der Waals surface area contributed by atoms with E-state index in [0.29, 0.717) is 29.1 Å². The van der Waals surface area contributed by atoms with Crippen molar-refractivity contribution >= 4 is 40.1 Å². The number of hydrogen-bond donors (Lipinski definition) is 3.